The van der Waals surface area contributed by atoms with Gasteiger partial charge in [-0.2, -0.15) is 13.2 Å². The van der Waals surface area contributed by atoms with Crippen molar-refractivity contribution in [3.63, 3.8) is 0 Å². The smallest absolute Gasteiger partial charge is 0.411 e. The number of anilines is 1. The Kier molecular flexibility index (Phi) is 4.36. The van der Waals surface area contributed by atoms with Gasteiger partial charge in [0.15, 0.2) is 11.5 Å². The fourth-order valence-corrected chi connectivity index (χ4v) is 1.60. The van der Waals surface area contributed by atoms with Crippen LogP contribution >= 0.6 is 0 Å². The summed E-state index contributed by atoms with van der Waals surface area (Å²) < 4.78 is 50.2. The van der Waals surface area contributed by atoms with Crippen molar-refractivity contribution in [1.82, 2.24) is 0 Å². The minimum Gasteiger partial charge on any atom is -0.454 e. The Morgan fingerprint density at radius 1 is 1.21 bits per heavy atom. The van der Waals surface area contributed by atoms with Gasteiger partial charge in [-0.1, -0.05) is 0 Å². The average molecular weight is 277 g/mol. The zero-order valence-corrected chi connectivity index (χ0v) is 10.1. The number of rotatable bonds is 6. The first-order valence-corrected chi connectivity index (χ1v) is 5.83. The van der Waals surface area contributed by atoms with E-state index in [2.05, 4.69) is 10.1 Å². The molecule has 0 bridgehead atoms. The number of hydrogen-bond donors (Lipinski definition) is 1. The van der Waals surface area contributed by atoms with Gasteiger partial charge in [0, 0.05) is 24.9 Å². The summed E-state index contributed by atoms with van der Waals surface area (Å²) in [5.41, 5.74) is 0.833. The highest BCUT2D eigenvalue weighted by molar-refractivity contribution is 5.55. The summed E-state index contributed by atoms with van der Waals surface area (Å²) in [5, 5.41) is 3.08. The van der Waals surface area contributed by atoms with Crippen LogP contribution in [0.3, 0.4) is 0 Å². The van der Waals surface area contributed by atoms with Gasteiger partial charge in [-0.3, -0.25) is 0 Å². The van der Waals surface area contributed by atoms with Crippen molar-refractivity contribution in [3.8, 4) is 11.5 Å². The topological polar surface area (TPSA) is 39.7 Å². The van der Waals surface area contributed by atoms with E-state index in [0.29, 0.717) is 24.5 Å². The number of fused-ring (bicyclic) bond motifs is 1. The maximum absolute atomic E-state index is 11.8. The monoisotopic (exact) mass is 277 g/mol. The molecule has 1 N–H and O–H groups in total. The van der Waals surface area contributed by atoms with E-state index >= 15 is 0 Å². The molecule has 1 aromatic carbocycles. The number of hydrogen-bond acceptors (Lipinski definition) is 4. The molecular weight excluding hydrogens is 263 g/mol. The van der Waals surface area contributed by atoms with Crippen LogP contribution in [0, 0.1) is 0 Å². The second-order valence-electron chi connectivity index (χ2n) is 4.02. The van der Waals surface area contributed by atoms with Crippen molar-refractivity contribution in [3.05, 3.63) is 18.2 Å². The molecule has 1 heterocycles. The Hall–Kier alpha value is -1.63. The van der Waals surface area contributed by atoms with Crippen LogP contribution in [0.15, 0.2) is 18.2 Å². The van der Waals surface area contributed by atoms with Gasteiger partial charge in [-0.15, -0.1) is 0 Å². The van der Waals surface area contributed by atoms with Crippen LogP contribution in [-0.2, 0) is 4.74 Å². The molecule has 1 aliphatic heterocycles. The average Bonchev–Trinajstić information content (AvgIpc) is 2.79. The molecule has 1 aromatic rings. The van der Waals surface area contributed by atoms with Crippen LogP contribution in [0.2, 0.25) is 0 Å². The van der Waals surface area contributed by atoms with Gasteiger partial charge in [-0.05, 0) is 18.6 Å². The standard InChI is InChI=1S/C12H14F3NO3/c13-12(14,15)7-17-5-1-4-16-9-2-3-10-11(6-9)19-8-18-10/h2-3,6,16H,1,4-5,7-8H2. The van der Waals surface area contributed by atoms with E-state index in [1.165, 1.54) is 0 Å². The van der Waals surface area contributed by atoms with Gasteiger partial charge in [0.1, 0.15) is 6.61 Å². The minimum absolute atomic E-state index is 0.0665. The van der Waals surface area contributed by atoms with Crippen LogP contribution in [0.25, 0.3) is 0 Å². The van der Waals surface area contributed by atoms with E-state index in [1.807, 2.05) is 6.07 Å². The minimum atomic E-state index is -4.26. The molecule has 7 heteroatoms. The zero-order valence-electron chi connectivity index (χ0n) is 10.1. The lowest BCUT2D eigenvalue weighted by molar-refractivity contribution is -0.173. The number of nitrogens with one attached hydrogen (secondary N) is 1. The van der Waals surface area contributed by atoms with E-state index in [0.717, 1.165) is 5.69 Å². The summed E-state index contributed by atoms with van der Waals surface area (Å²) >= 11 is 0. The second-order valence-corrected chi connectivity index (χ2v) is 4.02. The van der Waals surface area contributed by atoms with E-state index in [4.69, 9.17) is 9.47 Å². The van der Waals surface area contributed by atoms with Crippen molar-refractivity contribution >= 4 is 5.69 Å². The molecule has 0 amide bonds. The number of alkyl halides is 3. The first kappa shape index (κ1) is 13.8. The number of benzene rings is 1. The van der Waals surface area contributed by atoms with Crippen LogP contribution in [-0.4, -0.2) is 32.7 Å². The quantitative estimate of drug-likeness (QED) is 0.812. The third-order valence-electron chi connectivity index (χ3n) is 2.43. The van der Waals surface area contributed by atoms with Crippen molar-refractivity contribution in [2.75, 3.05) is 31.9 Å². The highest BCUT2D eigenvalue weighted by Gasteiger charge is 2.27. The Morgan fingerprint density at radius 3 is 2.79 bits per heavy atom. The number of halogens is 3. The molecule has 0 unspecified atom stereocenters. The summed E-state index contributed by atoms with van der Waals surface area (Å²) in [6, 6.07) is 5.40. The Balaban J connectivity index is 1.63. The molecule has 2 rings (SSSR count). The molecule has 0 saturated carbocycles. The van der Waals surface area contributed by atoms with E-state index in [1.54, 1.807) is 12.1 Å². The third-order valence-corrected chi connectivity index (χ3v) is 2.43. The van der Waals surface area contributed by atoms with Crippen molar-refractivity contribution in [1.29, 1.82) is 0 Å². The molecular formula is C12H14F3NO3. The van der Waals surface area contributed by atoms with Gasteiger partial charge in [0.2, 0.25) is 6.79 Å². The van der Waals surface area contributed by atoms with Crippen LogP contribution in [0.5, 0.6) is 11.5 Å². The van der Waals surface area contributed by atoms with Gasteiger partial charge >= 0.3 is 6.18 Å². The van der Waals surface area contributed by atoms with Crippen molar-refractivity contribution < 1.29 is 27.4 Å². The summed E-state index contributed by atoms with van der Waals surface area (Å²) in [6.07, 6.45) is -3.77. The van der Waals surface area contributed by atoms with E-state index < -0.39 is 12.8 Å². The van der Waals surface area contributed by atoms with Gasteiger partial charge in [-0.25, -0.2) is 0 Å². The highest BCUT2D eigenvalue weighted by atomic mass is 19.4. The van der Waals surface area contributed by atoms with Gasteiger partial charge in [0.05, 0.1) is 0 Å². The second kappa shape index (κ2) is 6.01. The molecule has 4 nitrogen and oxygen atoms in total. The van der Waals surface area contributed by atoms with Gasteiger partial charge in [0.25, 0.3) is 0 Å². The predicted octanol–water partition coefficient (Wildman–Crippen LogP) is 2.80. The number of ether oxygens (including phenoxy) is 3. The Bertz CT molecular complexity index is 423. The maximum Gasteiger partial charge on any atom is 0.411 e. The first-order valence-electron chi connectivity index (χ1n) is 5.83. The first-order chi connectivity index (χ1) is 9.04. The fourth-order valence-electron chi connectivity index (χ4n) is 1.60. The molecule has 0 fully saturated rings. The van der Waals surface area contributed by atoms with Crippen LogP contribution < -0.4 is 14.8 Å². The zero-order chi connectivity index (χ0) is 13.7. The Labute approximate surface area is 108 Å². The SMILES string of the molecule is FC(F)(F)COCCCNc1ccc2c(c1)OCO2. The maximum atomic E-state index is 11.8. The van der Waals surface area contributed by atoms with Crippen LogP contribution in [0.4, 0.5) is 18.9 Å². The largest absolute Gasteiger partial charge is 0.454 e. The van der Waals surface area contributed by atoms with Crippen molar-refractivity contribution in [2.45, 2.75) is 12.6 Å². The van der Waals surface area contributed by atoms with Gasteiger partial charge < -0.3 is 19.5 Å². The third kappa shape index (κ3) is 4.51. The normalized spacial score (nSPS) is 13.6. The summed E-state index contributed by atoms with van der Waals surface area (Å²) in [5.74, 6) is 1.36. The molecule has 0 aromatic heterocycles. The molecule has 1 aliphatic rings. The van der Waals surface area contributed by atoms with Crippen LogP contribution in [0.1, 0.15) is 6.42 Å². The molecule has 0 radical (unpaired) electrons. The molecule has 0 aliphatic carbocycles. The highest BCUT2D eigenvalue weighted by Crippen LogP contribution is 2.34. The van der Waals surface area contributed by atoms with Crippen molar-refractivity contribution in [2.24, 2.45) is 0 Å². The molecule has 0 saturated heterocycles. The van der Waals surface area contributed by atoms with E-state index in [-0.39, 0.29) is 13.4 Å². The summed E-state index contributed by atoms with van der Waals surface area (Å²) in [7, 11) is 0. The molecule has 0 spiro atoms. The van der Waals surface area contributed by atoms with E-state index in [9.17, 15) is 13.2 Å². The Morgan fingerprint density at radius 2 is 2.00 bits per heavy atom. The fraction of sp³-hybridized carbons (Fsp3) is 0.500. The molecule has 106 valence electrons. The summed E-state index contributed by atoms with van der Waals surface area (Å²) in [6.45, 7) is -0.393. The summed E-state index contributed by atoms with van der Waals surface area (Å²) in [4.78, 5) is 0. The molecule has 19 heavy (non-hydrogen) atoms. The molecule has 0 atom stereocenters. The lowest BCUT2D eigenvalue weighted by Gasteiger charge is -2.09. The lowest BCUT2D eigenvalue weighted by atomic mass is 10.2. The lowest BCUT2D eigenvalue weighted by Crippen LogP contribution is -2.18. The predicted molar refractivity (Wildman–Crippen MR) is 62.5 cm³/mol.